The Hall–Kier alpha value is -1.06. The van der Waals surface area contributed by atoms with Crippen LogP contribution in [0.15, 0.2) is 24.3 Å². The predicted octanol–water partition coefficient (Wildman–Crippen LogP) is 1.83. The number of benzene rings is 1. The quantitative estimate of drug-likeness (QED) is 0.865. The van der Waals surface area contributed by atoms with Crippen LogP contribution in [0.25, 0.3) is 0 Å². The molecule has 2 aliphatic heterocycles. The van der Waals surface area contributed by atoms with E-state index in [4.69, 9.17) is 4.74 Å². The minimum atomic E-state index is -0.210. The van der Waals surface area contributed by atoms with Gasteiger partial charge in [-0.2, -0.15) is 0 Å². The first-order valence-corrected chi connectivity index (χ1v) is 6.86. The molecule has 0 bridgehead atoms. The summed E-state index contributed by atoms with van der Waals surface area (Å²) in [5, 5.41) is 10.1. The Balaban J connectivity index is 1.76. The fourth-order valence-electron chi connectivity index (χ4n) is 3.12. The number of aliphatic hydroxyl groups is 1. The first-order valence-electron chi connectivity index (χ1n) is 6.86. The van der Waals surface area contributed by atoms with E-state index in [2.05, 4.69) is 36.1 Å². The summed E-state index contributed by atoms with van der Waals surface area (Å²) < 4.78 is 5.50. The van der Waals surface area contributed by atoms with Gasteiger partial charge in [-0.05, 0) is 31.4 Å². The maximum Gasteiger partial charge on any atom is 0.0629 e. The average Bonchev–Trinajstić information content (AvgIpc) is 2.69. The van der Waals surface area contributed by atoms with Crippen molar-refractivity contribution in [1.82, 2.24) is 0 Å². The molecule has 3 unspecified atom stereocenters. The van der Waals surface area contributed by atoms with Gasteiger partial charge in [0, 0.05) is 30.8 Å². The number of aliphatic hydroxyl groups excluding tert-OH is 1. The summed E-state index contributed by atoms with van der Waals surface area (Å²) >= 11 is 0. The lowest BCUT2D eigenvalue weighted by molar-refractivity contribution is -0.0326. The Labute approximate surface area is 108 Å². The van der Waals surface area contributed by atoms with Crippen LogP contribution in [0.5, 0.6) is 0 Å². The normalized spacial score (nSPS) is 31.4. The van der Waals surface area contributed by atoms with Crippen molar-refractivity contribution in [1.29, 1.82) is 0 Å². The molecular weight excluding hydrogens is 226 g/mol. The van der Waals surface area contributed by atoms with E-state index in [9.17, 15) is 5.11 Å². The van der Waals surface area contributed by atoms with E-state index >= 15 is 0 Å². The molecule has 3 heteroatoms. The van der Waals surface area contributed by atoms with Crippen LogP contribution in [-0.2, 0) is 11.2 Å². The Morgan fingerprint density at radius 1 is 1.39 bits per heavy atom. The molecule has 0 saturated carbocycles. The molecule has 18 heavy (non-hydrogen) atoms. The van der Waals surface area contributed by atoms with Gasteiger partial charge >= 0.3 is 0 Å². The summed E-state index contributed by atoms with van der Waals surface area (Å²) in [7, 11) is 0. The number of anilines is 1. The molecule has 0 aliphatic carbocycles. The number of para-hydroxylation sites is 1. The molecule has 0 radical (unpaired) electrons. The van der Waals surface area contributed by atoms with Crippen LogP contribution in [0, 0.1) is 5.92 Å². The predicted molar refractivity (Wildman–Crippen MR) is 71.9 cm³/mol. The number of hydrogen-bond donors (Lipinski definition) is 1. The van der Waals surface area contributed by atoms with Gasteiger partial charge in [-0.15, -0.1) is 0 Å². The molecule has 0 amide bonds. The second-order valence-corrected chi connectivity index (χ2v) is 5.53. The zero-order chi connectivity index (χ0) is 12.5. The molecule has 1 aromatic carbocycles. The monoisotopic (exact) mass is 247 g/mol. The zero-order valence-electron chi connectivity index (χ0n) is 10.9. The van der Waals surface area contributed by atoms with Crippen LogP contribution in [0.1, 0.15) is 18.9 Å². The Bertz CT molecular complexity index is 421. The summed E-state index contributed by atoms with van der Waals surface area (Å²) in [5.74, 6) is 0.243. The van der Waals surface area contributed by atoms with E-state index in [0.717, 1.165) is 19.4 Å². The first kappa shape index (κ1) is 12.0. The third kappa shape index (κ3) is 2.13. The summed E-state index contributed by atoms with van der Waals surface area (Å²) in [5.41, 5.74) is 2.76. The van der Waals surface area contributed by atoms with Gasteiger partial charge < -0.3 is 14.7 Å². The number of hydrogen-bond acceptors (Lipinski definition) is 3. The first-order chi connectivity index (χ1) is 8.75. The molecule has 0 aromatic heterocycles. The molecule has 1 fully saturated rings. The van der Waals surface area contributed by atoms with Crippen LogP contribution in [0.4, 0.5) is 5.69 Å². The van der Waals surface area contributed by atoms with Crippen molar-refractivity contribution >= 4 is 5.69 Å². The van der Waals surface area contributed by atoms with Crippen molar-refractivity contribution < 1.29 is 9.84 Å². The minimum Gasteiger partial charge on any atom is -0.393 e. The number of ether oxygens (including phenoxy) is 1. The van der Waals surface area contributed by atoms with E-state index < -0.39 is 0 Å². The molecule has 3 nitrogen and oxygen atoms in total. The molecule has 2 aliphatic rings. The second kappa shape index (κ2) is 4.90. The highest BCUT2D eigenvalue weighted by Crippen LogP contribution is 2.33. The molecule has 3 atom stereocenters. The standard InChI is InChI=1S/C15H21NO2/c1-11-8-12-4-2-3-5-14(12)16(11)9-13-10-18-7-6-15(13)17/h2-5,11,13,15,17H,6-10H2,1H3. The Morgan fingerprint density at radius 2 is 2.22 bits per heavy atom. The van der Waals surface area contributed by atoms with Crippen molar-refractivity contribution in [3.05, 3.63) is 29.8 Å². The molecule has 0 spiro atoms. The van der Waals surface area contributed by atoms with Crippen LogP contribution >= 0.6 is 0 Å². The van der Waals surface area contributed by atoms with Crippen LogP contribution in [0.2, 0.25) is 0 Å². The van der Waals surface area contributed by atoms with E-state index in [1.165, 1.54) is 11.3 Å². The van der Waals surface area contributed by atoms with E-state index in [-0.39, 0.29) is 12.0 Å². The summed E-state index contributed by atoms with van der Waals surface area (Å²) in [6.45, 7) is 4.55. The van der Waals surface area contributed by atoms with E-state index in [0.29, 0.717) is 19.3 Å². The van der Waals surface area contributed by atoms with Gasteiger partial charge in [0.05, 0.1) is 12.7 Å². The second-order valence-electron chi connectivity index (χ2n) is 5.53. The summed E-state index contributed by atoms with van der Waals surface area (Å²) in [6.07, 6.45) is 1.67. The van der Waals surface area contributed by atoms with Crippen molar-refractivity contribution in [3.63, 3.8) is 0 Å². The fraction of sp³-hybridized carbons (Fsp3) is 0.600. The van der Waals surface area contributed by atoms with Gasteiger partial charge in [0.1, 0.15) is 0 Å². The lowest BCUT2D eigenvalue weighted by Crippen LogP contribution is -2.43. The third-order valence-electron chi connectivity index (χ3n) is 4.21. The van der Waals surface area contributed by atoms with E-state index in [1.807, 2.05) is 0 Å². The number of fused-ring (bicyclic) bond motifs is 1. The smallest absolute Gasteiger partial charge is 0.0629 e. The minimum absolute atomic E-state index is 0.210. The van der Waals surface area contributed by atoms with Crippen molar-refractivity contribution in [3.8, 4) is 0 Å². The molecule has 98 valence electrons. The van der Waals surface area contributed by atoms with Gasteiger partial charge in [0.2, 0.25) is 0 Å². The topological polar surface area (TPSA) is 32.7 Å². The average molecular weight is 247 g/mol. The van der Waals surface area contributed by atoms with Gasteiger partial charge in [0.25, 0.3) is 0 Å². The molecule has 2 heterocycles. The van der Waals surface area contributed by atoms with Crippen LogP contribution in [-0.4, -0.2) is 37.0 Å². The third-order valence-corrected chi connectivity index (χ3v) is 4.21. The SMILES string of the molecule is CC1Cc2ccccc2N1CC1COCCC1O. The summed E-state index contributed by atoms with van der Waals surface area (Å²) in [6, 6.07) is 9.12. The highest BCUT2D eigenvalue weighted by molar-refractivity contribution is 5.59. The Morgan fingerprint density at radius 3 is 3.06 bits per heavy atom. The lowest BCUT2D eigenvalue weighted by atomic mass is 9.97. The highest BCUT2D eigenvalue weighted by Gasteiger charge is 2.31. The van der Waals surface area contributed by atoms with Crippen molar-refractivity contribution in [2.24, 2.45) is 5.92 Å². The molecule has 1 N–H and O–H groups in total. The van der Waals surface area contributed by atoms with Gasteiger partial charge in [-0.3, -0.25) is 0 Å². The van der Waals surface area contributed by atoms with Crippen molar-refractivity contribution in [2.75, 3.05) is 24.7 Å². The maximum absolute atomic E-state index is 10.1. The van der Waals surface area contributed by atoms with Crippen LogP contribution < -0.4 is 4.90 Å². The highest BCUT2D eigenvalue weighted by atomic mass is 16.5. The molecule has 1 saturated heterocycles. The van der Waals surface area contributed by atoms with E-state index in [1.54, 1.807) is 0 Å². The largest absolute Gasteiger partial charge is 0.393 e. The molecule has 1 aromatic rings. The lowest BCUT2D eigenvalue weighted by Gasteiger charge is -2.34. The molecular formula is C15H21NO2. The van der Waals surface area contributed by atoms with Gasteiger partial charge in [-0.1, -0.05) is 18.2 Å². The Kier molecular flexibility index (Phi) is 3.27. The van der Waals surface area contributed by atoms with Crippen molar-refractivity contribution in [2.45, 2.75) is 31.9 Å². The van der Waals surface area contributed by atoms with Crippen LogP contribution in [0.3, 0.4) is 0 Å². The van der Waals surface area contributed by atoms with Gasteiger partial charge in [0.15, 0.2) is 0 Å². The summed E-state index contributed by atoms with van der Waals surface area (Å²) in [4.78, 5) is 2.43. The fourth-order valence-corrected chi connectivity index (χ4v) is 3.12. The zero-order valence-corrected chi connectivity index (χ0v) is 10.9. The number of nitrogens with zero attached hydrogens (tertiary/aromatic N) is 1. The number of rotatable bonds is 2. The maximum atomic E-state index is 10.1. The molecule has 3 rings (SSSR count). The van der Waals surface area contributed by atoms with Gasteiger partial charge in [-0.25, -0.2) is 0 Å².